The Morgan fingerprint density at radius 3 is 2.33 bits per heavy atom. The van der Waals surface area contributed by atoms with Gasteiger partial charge in [0, 0.05) is 24.9 Å². The van der Waals surface area contributed by atoms with E-state index in [2.05, 4.69) is 6.58 Å². The van der Waals surface area contributed by atoms with Crippen molar-refractivity contribution in [3.05, 3.63) is 12.7 Å². The lowest BCUT2D eigenvalue weighted by Crippen LogP contribution is -2.54. The predicted octanol–water partition coefficient (Wildman–Crippen LogP) is 2.23. The number of carbonyl (C=O) groups is 1. The summed E-state index contributed by atoms with van der Waals surface area (Å²) in [4.78, 5) is 12.8. The fourth-order valence-corrected chi connectivity index (χ4v) is 2.88. The van der Waals surface area contributed by atoms with Gasteiger partial charge in [-0.3, -0.25) is 4.90 Å². The van der Waals surface area contributed by atoms with Gasteiger partial charge in [-0.15, -0.1) is 6.58 Å². The number of amides is 1. The van der Waals surface area contributed by atoms with Crippen molar-refractivity contribution in [2.45, 2.75) is 43.9 Å². The molecule has 1 aliphatic carbocycles. The molecule has 0 unspecified atom stereocenters. The van der Waals surface area contributed by atoms with Gasteiger partial charge >= 0.3 is 6.09 Å². The van der Waals surface area contributed by atoms with E-state index in [0.29, 0.717) is 19.8 Å². The summed E-state index contributed by atoms with van der Waals surface area (Å²) in [7, 11) is 0. The fourth-order valence-electron chi connectivity index (χ4n) is 2.88. The van der Waals surface area contributed by atoms with E-state index in [1.54, 1.807) is 6.08 Å². The molecule has 2 fully saturated rings. The van der Waals surface area contributed by atoms with Gasteiger partial charge in [-0.1, -0.05) is 6.08 Å². The molecule has 0 aromatic rings. The second-order valence-corrected chi connectivity index (χ2v) is 5.29. The van der Waals surface area contributed by atoms with E-state index in [9.17, 15) is 9.90 Å². The molecular weight excluding hydrogens is 234 g/mol. The summed E-state index contributed by atoms with van der Waals surface area (Å²) in [6, 6.07) is 0. The summed E-state index contributed by atoms with van der Waals surface area (Å²) in [5, 5.41) is 9.29. The molecular formula is C13H21NO4. The monoisotopic (exact) mass is 255 g/mol. The first-order valence-corrected chi connectivity index (χ1v) is 6.41. The first kappa shape index (κ1) is 13.4. The summed E-state index contributed by atoms with van der Waals surface area (Å²) < 4.78 is 11.3. The summed E-state index contributed by atoms with van der Waals surface area (Å²) in [6.45, 7) is 7.27. The molecule has 0 atom stereocenters. The highest BCUT2D eigenvalue weighted by Gasteiger charge is 2.47. The lowest BCUT2D eigenvalue weighted by atomic mass is 9.79. The van der Waals surface area contributed by atoms with Crippen LogP contribution in [0.1, 0.15) is 32.6 Å². The van der Waals surface area contributed by atoms with Crippen molar-refractivity contribution in [1.29, 1.82) is 0 Å². The topological polar surface area (TPSA) is 59.0 Å². The van der Waals surface area contributed by atoms with E-state index in [4.69, 9.17) is 9.47 Å². The van der Waals surface area contributed by atoms with Gasteiger partial charge in [0.25, 0.3) is 0 Å². The van der Waals surface area contributed by atoms with Gasteiger partial charge in [0.1, 0.15) is 0 Å². The third-order valence-electron chi connectivity index (χ3n) is 4.10. The van der Waals surface area contributed by atoms with Crippen molar-refractivity contribution in [3.8, 4) is 0 Å². The van der Waals surface area contributed by atoms with Crippen LogP contribution in [0.15, 0.2) is 12.7 Å². The van der Waals surface area contributed by atoms with E-state index >= 15 is 0 Å². The lowest BCUT2D eigenvalue weighted by molar-refractivity contribution is -0.190. The van der Waals surface area contributed by atoms with E-state index in [1.165, 1.54) is 4.90 Å². The van der Waals surface area contributed by atoms with Crippen molar-refractivity contribution in [2.24, 2.45) is 0 Å². The van der Waals surface area contributed by atoms with Gasteiger partial charge in [-0.25, -0.2) is 4.79 Å². The van der Waals surface area contributed by atoms with Crippen LogP contribution < -0.4 is 0 Å². The zero-order valence-corrected chi connectivity index (χ0v) is 10.9. The maximum absolute atomic E-state index is 11.3. The standard InChI is InChI=1S/C13H21NO4/c1-3-8-14(11(15)16)12(2)4-6-13(7-5-12)17-9-10-18-13/h3H,1,4-10H2,2H3,(H,15,16). The van der Waals surface area contributed by atoms with Crippen LogP contribution in [0, 0.1) is 0 Å². The molecule has 1 N–H and O–H groups in total. The second-order valence-electron chi connectivity index (χ2n) is 5.29. The summed E-state index contributed by atoms with van der Waals surface area (Å²) in [5.74, 6) is -0.447. The van der Waals surface area contributed by atoms with Crippen LogP contribution in [-0.4, -0.2) is 47.2 Å². The molecule has 0 aromatic carbocycles. The number of hydrogen-bond donors (Lipinski definition) is 1. The van der Waals surface area contributed by atoms with Crippen molar-refractivity contribution >= 4 is 6.09 Å². The molecule has 0 aromatic heterocycles. The lowest BCUT2D eigenvalue weighted by Gasteiger charge is -2.46. The summed E-state index contributed by atoms with van der Waals surface area (Å²) in [5.41, 5.74) is -0.347. The van der Waals surface area contributed by atoms with Crippen LogP contribution in [0.25, 0.3) is 0 Å². The van der Waals surface area contributed by atoms with Gasteiger partial charge in [-0.05, 0) is 19.8 Å². The molecule has 5 nitrogen and oxygen atoms in total. The minimum atomic E-state index is -0.887. The van der Waals surface area contributed by atoms with E-state index in [0.717, 1.165) is 25.7 Å². The van der Waals surface area contributed by atoms with E-state index in [1.807, 2.05) is 6.92 Å². The molecule has 1 spiro atoms. The van der Waals surface area contributed by atoms with Crippen LogP contribution in [0.4, 0.5) is 4.79 Å². The van der Waals surface area contributed by atoms with Crippen LogP contribution in [0.5, 0.6) is 0 Å². The highest BCUT2D eigenvalue weighted by Crippen LogP contribution is 2.42. The zero-order chi connectivity index (χ0) is 13.2. The molecule has 1 heterocycles. The SMILES string of the molecule is C=CCN(C(=O)O)C1(C)CCC2(CC1)OCCO2. The quantitative estimate of drug-likeness (QED) is 0.786. The highest BCUT2D eigenvalue weighted by molar-refractivity contribution is 5.66. The van der Waals surface area contributed by atoms with Gasteiger partial charge < -0.3 is 14.6 Å². The molecule has 2 rings (SSSR count). The predicted molar refractivity (Wildman–Crippen MR) is 66.4 cm³/mol. The second kappa shape index (κ2) is 4.90. The first-order valence-electron chi connectivity index (χ1n) is 6.41. The summed E-state index contributed by atoms with van der Waals surface area (Å²) >= 11 is 0. The van der Waals surface area contributed by atoms with E-state index in [-0.39, 0.29) is 5.54 Å². The van der Waals surface area contributed by atoms with Gasteiger partial charge in [0.2, 0.25) is 0 Å². The van der Waals surface area contributed by atoms with Crippen LogP contribution in [0.3, 0.4) is 0 Å². The molecule has 1 saturated heterocycles. The maximum Gasteiger partial charge on any atom is 0.408 e. The van der Waals surface area contributed by atoms with E-state index < -0.39 is 11.9 Å². The molecule has 2 aliphatic rings. The fraction of sp³-hybridized carbons (Fsp3) is 0.769. The van der Waals surface area contributed by atoms with Gasteiger partial charge in [-0.2, -0.15) is 0 Å². The van der Waals surface area contributed by atoms with Crippen LogP contribution >= 0.6 is 0 Å². The Morgan fingerprint density at radius 1 is 1.33 bits per heavy atom. The molecule has 102 valence electrons. The molecule has 1 saturated carbocycles. The Labute approximate surface area is 107 Å². The zero-order valence-electron chi connectivity index (χ0n) is 10.9. The molecule has 5 heteroatoms. The van der Waals surface area contributed by atoms with Gasteiger partial charge in [0.05, 0.1) is 13.2 Å². The third-order valence-corrected chi connectivity index (χ3v) is 4.10. The van der Waals surface area contributed by atoms with Crippen molar-refractivity contribution < 1.29 is 19.4 Å². The molecule has 1 aliphatic heterocycles. The first-order chi connectivity index (χ1) is 8.51. The van der Waals surface area contributed by atoms with Crippen LogP contribution in [-0.2, 0) is 9.47 Å². The number of carboxylic acid groups (broad SMARTS) is 1. The summed E-state index contributed by atoms with van der Waals surface area (Å²) in [6.07, 6.45) is 3.77. The highest BCUT2D eigenvalue weighted by atomic mass is 16.7. The Hall–Kier alpha value is -1.07. The molecule has 1 amide bonds. The van der Waals surface area contributed by atoms with Crippen molar-refractivity contribution in [3.63, 3.8) is 0 Å². The Bertz CT molecular complexity index is 326. The van der Waals surface area contributed by atoms with Crippen LogP contribution in [0.2, 0.25) is 0 Å². The number of hydrogen-bond acceptors (Lipinski definition) is 3. The Kier molecular flexibility index (Phi) is 3.64. The average molecular weight is 255 g/mol. The number of ether oxygens (including phenoxy) is 2. The van der Waals surface area contributed by atoms with Crippen molar-refractivity contribution in [1.82, 2.24) is 4.90 Å². The Morgan fingerprint density at radius 2 is 1.89 bits per heavy atom. The van der Waals surface area contributed by atoms with Gasteiger partial charge in [0.15, 0.2) is 5.79 Å². The largest absolute Gasteiger partial charge is 0.465 e. The average Bonchev–Trinajstić information content (AvgIpc) is 2.79. The minimum Gasteiger partial charge on any atom is -0.465 e. The normalized spacial score (nSPS) is 24.9. The Balaban J connectivity index is 2.04. The molecule has 0 radical (unpaired) electrons. The third kappa shape index (κ3) is 2.37. The number of nitrogens with zero attached hydrogens (tertiary/aromatic N) is 1. The minimum absolute atomic E-state index is 0.347. The molecule has 0 bridgehead atoms. The smallest absolute Gasteiger partial charge is 0.408 e. The maximum atomic E-state index is 11.3. The molecule has 18 heavy (non-hydrogen) atoms. The number of rotatable bonds is 3. The van der Waals surface area contributed by atoms with Crippen molar-refractivity contribution in [2.75, 3.05) is 19.8 Å².